The molecule has 0 unspecified atom stereocenters. The molecule has 0 radical (unpaired) electrons. The number of rotatable bonds is 2. The minimum atomic E-state index is -0.466. The topological polar surface area (TPSA) is 69.4 Å². The molecular weight excluding hydrogens is 244 g/mol. The van der Waals surface area contributed by atoms with Crippen LogP contribution in [0.1, 0.15) is 23.1 Å². The molecule has 0 spiro atoms. The van der Waals surface area contributed by atoms with Crippen LogP contribution in [-0.4, -0.2) is 32.2 Å². The highest BCUT2D eigenvalue weighted by molar-refractivity contribution is 5.89. The molecular formula is C13H12N4O2. The number of hydrogen-bond donors (Lipinski definition) is 0. The third-order valence-electron chi connectivity index (χ3n) is 2.93. The maximum atomic E-state index is 11.8. The van der Waals surface area contributed by atoms with Crippen molar-refractivity contribution >= 4 is 22.8 Å². The van der Waals surface area contributed by atoms with Gasteiger partial charge in [0.25, 0.3) is 5.78 Å². The number of aromatic nitrogens is 4. The summed E-state index contributed by atoms with van der Waals surface area (Å²) in [5.74, 6) is 0.0129. The fraction of sp³-hybridized carbons (Fsp3) is 0.231. The monoisotopic (exact) mass is 256 g/mol. The quantitative estimate of drug-likeness (QED) is 0.653. The molecule has 0 amide bonds. The van der Waals surface area contributed by atoms with E-state index in [2.05, 4.69) is 15.2 Å². The van der Waals surface area contributed by atoms with Crippen LogP contribution in [0.5, 0.6) is 0 Å². The second kappa shape index (κ2) is 4.31. The van der Waals surface area contributed by atoms with Crippen LogP contribution in [0.3, 0.4) is 0 Å². The Labute approximate surface area is 109 Å². The van der Waals surface area contributed by atoms with Gasteiger partial charge in [-0.15, -0.1) is 10.2 Å². The minimum Gasteiger partial charge on any atom is -0.461 e. The second-order valence-electron chi connectivity index (χ2n) is 4.09. The summed E-state index contributed by atoms with van der Waals surface area (Å²) in [5, 5.41) is 7.90. The fourth-order valence-corrected chi connectivity index (χ4v) is 2.07. The summed E-state index contributed by atoms with van der Waals surface area (Å²) in [4.78, 5) is 16.2. The van der Waals surface area contributed by atoms with Gasteiger partial charge in [-0.05, 0) is 26.0 Å². The first-order chi connectivity index (χ1) is 9.22. The first-order valence-corrected chi connectivity index (χ1v) is 6.00. The summed E-state index contributed by atoms with van der Waals surface area (Å²) in [7, 11) is 0. The number of carbonyl (C=O) groups is 1. The molecule has 2 aromatic heterocycles. The number of carbonyl (C=O) groups excluding carboxylic acids is 1. The van der Waals surface area contributed by atoms with Crippen molar-refractivity contribution < 1.29 is 9.53 Å². The molecule has 3 aromatic rings. The predicted octanol–water partition coefficient (Wildman–Crippen LogP) is 1.76. The summed E-state index contributed by atoms with van der Waals surface area (Å²) < 4.78 is 6.79. The Morgan fingerprint density at radius 2 is 2.11 bits per heavy atom. The SMILES string of the molecule is CCOC(=O)c1nnc2nc3ccccc3n2c1C. The summed E-state index contributed by atoms with van der Waals surface area (Å²) in [5.41, 5.74) is 2.62. The number of nitrogens with zero attached hydrogens (tertiary/aromatic N) is 4. The summed E-state index contributed by atoms with van der Waals surface area (Å²) in [6.45, 7) is 3.87. The van der Waals surface area contributed by atoms with Gasteiger partial charge in [0.2, 0.25) is 0 Å². The Morgan fingerprint density at radius 1 is 1.32 bits per heavy atom. The average Bonchev–Trinajstić information content (AvgIpc) is 2.78. The van der Waals surface area contributed by atoms with Crippen LogP contribution in [0.4, 0.5) is 0 Å². The van der Waals surface area contributed by atoms with E-state index in [1.165, 1.54) is 0 Å². The van der Waals surface area contributed by atoms with Crippen LogP contribution in [0.25, 0.3) is 16.8 Å². The molecule has 2 heterocycles. The molecule has 0 aliphatic heterocycles. The Kier molecular flexibility index (Phi) is 2.63. The smallest absolute Gasteiger partial charge is 0.360 e. The van der Waals surface area contributed by atoms with E-state index in [-0.39, 0.29) is 5.69 Å². The Hall–Kier alpha value is -2.50. The van der Waals surface area contributed by atoms with Crippen LogP contribution in [0, 0.1) is 6.92 Å². The van der Waals surface area contributed by atoms with Gasteiger partial charge in [-0.3, -0.25) is 4.40 Å². The van der Waals surface area contributed by atoms with Crippen LogP contribution in [-0.2, 0) is 4.74 Å². The zero-order valence-electron chi connectivity index (χ0n) is 10.6. The zero-order valence-corrected chi connectivity index (χ0v) is 10.6. The summed E-state index contributed by atoms with van der Waals surface area (Å²) >= 11 is 0. The highest BCUT2D eigenvalue weighted by atomic mass is 16.5. The lowest BCUT2D eigenvalue weighted by Crippen LogP contribution is -2.13. The van der Waals surface area contributed by atoms with E-state index >= 15 is 0 Å². The molecule has 0 aliphatic carbocycles. The maximum Gasteiger partial charge on any atom is 0.360 e. The Balaban J connectivity index is 2.31. The van der Waals surface area contributed by atoms with Crippen LogP contribution < -0.4 is 0 Å². The molecule has 19 heavy (non-hydrogen) atoms. The van der Waals surface area contributed by atoms with Gasteiger partial charge in [0.15, 0.2) is 5.69 Å². The lowest BCUT2D eigenvalue weighted by molar-refractivity contribution is 0.0516. The largest absolute Gasteiger partial charge is 0.461 e. The van der Waals surface area contributed by atoms with Crippen LogP contribution in [0.15, 0.2) is 24.3 Å². The lowest BCUT2D eigenvalue weighted by atomic mass is 10.3. The molecule has 1 aromatic carbocycles. The Bertz CT molecular complexity index is 779. The van der Waals surface area contributed by atoms with E-state index in [4.69, 9.17) is 4.74 Å². The lowest BCUT2D eigenvalue weighted by Gasteiger charge is -2.05. The van der Waals surface area contributed by atoms with Crippen molar-refractivity contribution in [1.82, 2.24) is 19.6 Å². The van der Waals surface area contributed by atoms with E-state index < -0.39 is 5.97 Å². The third-order valence-corrected chi connectivity index (χ3v) is 2.93. The zero-order chi connectivity index (χ0) is 13.4. The summed E-state index contributed by atoms with van der Waals surface area (Å²) in [6, 6.07) is 7.65. The number of ether oxygens (including phenoxy) is 1. The van der Waals surface area contributed by atoms with Crippen molar-refractivity contribution in [2.24, 2.45) is 0 Å². The molecule has 0 saturated carbocycles. The predicted molar refractivity (Wildman–Crippen MR) is 69.0 cm³/mol. The van der Waals surface area contributed by atoms with Crippen molar-refractivity contribution in [3.05, 3.63) is 35.7 Å². The van der Waals surface area contributed by atoms with E-state index in [0.29, 0.717) is 18.1 Å². The molecule has 3 rings (SSSR count). The van der Waals surface area contributed by atoms with E-state index in [1.54, 1.807) is 6.92 Å². The molecule has 0 aliphatic rings. The Morgan fingerprint density at radius 3 is 2.89 bits per heavy atom. The average molecular weight is 256 g/mol. The standard InChI is InChI=1S/C13H12N4O2/c1-3-19-12(18)11-8(2)17-10-7-5-4-6-9(10)14-13(17)16-15-11/h4-7H,3H2,1-2H3. The number of imidazole rings is 1. The molecule has 0 N–H and O–H groups in total. The normalized spacial score (nSPS) is 11.1. The molecule has 0 fully saturated rings. The van der Waals surface area contributed by atoms with E-state index in [1.807, 2.05) is 35.6 Å². The van der Waals surface area contributed by atoms with Crippen molar-refractivity contribution in [3.8, 4) is 0 Å². The van der Waals surface area contributed by atoms with Gasteiger partial charge in [0.05, 0.1) is 23.3 Å². The van der Waals surface area contributed by atoms with Gasteiger partial charge in [0, 0.05) is 0 Å². The number of benzene rings is 1. The van der Waals surface area contributed by atoms with Gasteiger partial charge in [-0.25, -0.2) is 9.78 Å². The van der Waals surface area contributed by atoms with Gasteiger partial charge in [0.1, 0.15) is 0 Å². The first-order valence-electron chi connectivity index (χ1n) is 6.00. The van der Waals surface area contributed by atoms with Crippen LogP contribution in [0.2, 0.25) is 0 Å². The second-order valence-corrected chi connectivity index (χ2v) is 4.09. The molecule has 96 valence electrons. The maximum absolute atomic E-state index is 11.8. The summed E-state index contributed by atoms with van der Waals surface area (Å²) in [6.07, 6.45) is 0. The number of hydrogen-bond acceptors (Lipinski definition) is 5. The first kappa shape index (κ1) is 11.6. The number of fused-ring (bicyclic) bond motifs is 3. The van der Waals surface area contributed by atoms with Gasteiger partial charge >= 0.3 is 5.97 Å². The number of aryl methyl sites for hydroxylation is 1. The van der Waals surface area contributed by atoms with Gasteiger partial charge in [-0.2, -0.15) is 0 Å². The third kappa shape index (κ3) is 1.72. The fourth-order valence-electron chi connectivity index (χ4n) is 2.07. The highest BCUT2D eigenvalue weighted by Crippen LogP contribution is 2.18. The minimum absolute atomic E-state index is 0.220. The van der Waals surface area contributed by atoms with Crippen molar-refractivity contribution in [2.75, 3.05) is 6.61 Å². The van der Waals surface area contributed by atoms with Crippen molar-refractivity contribution in [3.63, 3.8) is 0 Å². The number of esters is 1. The van der Waals surface area contributed by atoms with E-state index in [0.717, 1.165) is 11.0 Å². The molecule has 6 heteroatoms. The molecule has 0 bridgehead atoms. The van der Waals surface area contributed by atoms with Gasteiger partial charge in [-0.1, -0.05) is 12.1 Å². The molecule has 0 saturated heterocycles. The van der Waals surface area contributed by atoms with Gasteiger partial charge < -0.3 is 4.74 Å². The number of para-hydroxylation sites is 2. The van der Waals surface area contributed by atoms with Crippen molar-refractivity contribution in [2.45, 2.75) is 13.8 Å². The molecule has 6 nitrogen and oxygen atoms in total. The van der Waals surface area contributed by atoms with Crippen LogP contribution >= 0.6 is 0 Å². The van der Waals surface area contributed by atoms with E-state index in [9.17, 15) is 4.79 Å². The highest BCUT2D eigenvalue weighted by Gasteiger charge is 2.17. The molecule has 0 atom stereocenters. The van der Waals surface area contributed by atoms with Crippen molar-refractivity contribution in [1.29, 1.82) is 0 Å².